The van der Waals surface area contributed by atoms with Crippen LogP contribution in [0.1, 0.15) is 37.4 Å². The lowest BCUT2D eigenvalue weighted by atomic mass is 10.1. The van der Waals surface area contributed by atoms with E-state index in [-0.39, 0.29) is 11.8 Å². The van der Waals surface area contributed by atoms with Crippen LogP contribution in [0.25, 0.3) is 0 Å². The van der Waals surface area contributed by atoms with Crippen molar-refractivity contribution in [3.05, 3.63) is 94.5 Å². The van der Waals surface area contributed by atoms with Gasteiger partial charge >= 0.3 is 0 Å². The summed E-state index contributed by atoms with van der Waals surface area (Å²) in [4.78, 5) is 24.9. The summed E-state index contributed by atoms with van der Waals surface area (Å²) in [5.41, 5.74) is 4.91. The Morgan fingerprint density at radius 3 is 2.14 bits per heavy atom. The number of nitrogens with one attached hydrogen (secondary N) is 2. The number of methoxy groups -OCH3 is 1. The zero-order valence-corrected chi connectivity index (χ0v) is 16.8. The largest absolute Gasteiger partial charge is 0.496 e. The van der Waals surface area contributed by atoms with Crippen molar-refractivity contribution in [3.8, 4) is 5.75 Å². The lowest BCUT2D eigenvalue weighted by Gasteiger charge is -2.10. The smallest absolute Gasteiger partial charge is 0.255 e. The summed E-state index contributed by atoms with van der Waals surface area (Å²) >= 11 is 0. The van der Waals surface area contributed by atoms with Gasteiger partial charge in [-0.2, -0.15) is 0 Å². The Bertz CT molecular complexity index is 1030. The third kappa shape index (κ3) is 5.02. The number of para-hydroxylation sites is 1. The Morgan fingerprint density at radius 1 is 0.828 bits per heavy atom. The molecule has 3 aromatic carbocycles. The molecule has 0 aliphatic carbocycles. The number of amides is 2. The molecule has 148 valence electrons. The molecule has 3 aromatic rings. The second-order valence-electron chi connectivity index (χ2n) is 6.83. The van der Waals surface area contributed by atoms with Crippen LogP contribution in [0.15, 0.2) is 66.7 Å². The molecule has 0 saturated heterocycles. The number of benzene rings is 3. The molecule has 0 aromatic heterocycles. The van der Waals surface area contributed by atoms with Gasteiger partial charge in [-0.15, -0.1) is 0 Å². The standard InChI is InChI=1S/C24H24N2O3/c1-16-8-13-21(14-17(16)2)26-24(28)19-11-9-18(10-12-19)23(27)25-15-20-6-4-5-7-22(20)29-3/h4-14H,15H2,1-3H3,(H,25,27)(H,26,28). The van der Waals surface area contributed by atoms with Crippen molar-refractivity contribution in [2.75, 3.05) is 12.4 Å². The average Bonchev–Trinajstić information content (AvgIpc) is 2.75. The number of ether oxygens (including phenoxy) is 1. The maximum atomic E-state index is 12.4. The Hall–Kier alpha value is -3.60. The maximum absolute atomic E-state index is 12.4. The van der Waals surface area contributed by atoms with Crippen molar-refractivity contribution < 1.29 is 14.3 Å². The minimum absolute atomic E-state index is 0.211. The van der Waals surface area contributed by atoms with Crippen LogP contribution in [0, 0.1) is 13.8 Å². The van der Waals surface area contributed by atoms with Gasteiger partial charge in [0.15, 0.2) is 0 Å². The minimum atomic E-state index is -0.214. The third-order valence-electron chi connectivity index (χ3n) is 4.81. The molecule has 0 unspecified atom stereocenters. The van der Waals surface area contributed by atoms with Gasteiger partial charge in [-0.25, -0.2) is 0 Å². The molecule has 0 heterocycles. The third-order valence-corrected chi connectivity index (χ3v) is 4.81. The monoisotopic (exact) mass is 388 g/mol. The summed E-state index contributed by atoms with van der Waals surface area (Å²) in [5.74, 6) is 0.303. The summed E-state index contributed by atoms with van der Waals surface area (Å²) in [7, 11) is 1.60. The predicted molar refractivity (Wildman–Crippen MR) is 114 cm³/mol. The molecule has 0 radical (unpaired) electrons. The zero-order chi connectivity index (χ0) is 20.8. The van der Waals surface area contributed by atoms with Crippen LogP contribution in [0.3, 0.4) is 0 Å². The molecule has 0 aliphatic heterocycles. The van der Waals surface area contributed by atoms with Crippen molar-refractivity contribution in [2.45, 2.75) is 20.4 Å². The first-order valence-electron chi connectivity index (χ1n) is 9.36. The highest BCUT2D eigenvalue weighted by molar-refractivity contribution is 6.05. The van der Waals surface area contributed by atoms with Crippen molar-refractivity contribution in [3.63, 3.8) is 0 Å². The normalized spacial score (nSPS) is 10.3. The molecule has 3 rings (SSSR count). The Labute approximate surface area is 170 Å². The molecule has 2 N–H and O–H groups in total. The summed E-state index contributed by atoms with van der Waals surface area (Å²) in [6.07, 6.45) is 0. The average molecular weight is 388 g/mol. The maximum Gasteiger partial charge on any atom is 0.255 e. The molecular weight excluding hydrogens is 364 g/mol. The topological polar surface area (TPSA) is 67.4 Å². The van der Waals surface area contributed by atoms with E-state index in [0.29, 0.717) is 17.7 Å². The van der Waals surface area contributed by atoms with Crippen LogP contribution in [0.2, 0.25) is 0 Å². The molecule has 0 bridgehead atoms. The van der Waals surface area contributed by atoms with Gasteiger partial charge in [0.25, 0.3) is 11.8 Å². The van der Waals surface area contributed by atoms with E-state index in [2.05, 4.69) is 10.6 Å². The summed E-state index contributed by atoms with van der Waals surface area (Å²) < 4.78 is 5.29. The number of carbonyl (C=O) groups excluding carboxylic acids is 2. The molecule has 5 nitrogen and oxygen atoms in total. The number of carbonyl (C=O) groups is 2. The van der Waals surface area contributed by atoms with Gasteiger partial charge in [0.1, 0.15) is 5.75 Å². The molecule has 0 atom stereocenters. The van der Waals surface area contributed by atoms with Crippen LogP contribution in [0.5, 0.6) is 5.75 Å². The first kappa shape index (κ1) is 20.1. The molecule has 0 fully saturated rings. The van der Waals surface area contributed by atoms with Crippen LogP contribution < -0.4 is 15.4 Å². The number of rotatable bonds is 6. The summed E-state index contributed by atoms with van der Waals surface area (Å²) in [6.45, 7) is 4.39. The van der Waals surface area contributed by atoms with Gasteiger partial charge in [0, 0.05) is 28.9 Å². The fourth-order valence-corrected chi connectivity index (χ4v) is 2.92. The van der Waals surface area contributed by atoms with E-state index in [1.807, 2.05) is 56.3 Å². The first-order chi connectivity index (χ1) is 14.0. The first-order valence-corrected chi connectivity index (χ1v) is 9.36. The zero-order valence-electron chi connectivity index (χ0n) is 16.8. The van der Waals surface area contributed by atoms with Gasteiger partial charge in [0.05, 0.1) is 7.11 Å². The summed E-state index contributed by atoms with van der Waals surface area (Å²) in [6, 6.07) is 19.9. The van der Waals surface area contributed by atoms with Crippen molar-refractivity contribution in [2.24, 2.45) is 0 Å². The van der Waals surface area contributed by atoms with Gasteiger partial charge in [-0.3, -0.25) is 9.59 Å². The van der Waals surface area contributed by atoms with E-state index in [1.54, 1.807) is 31.4 Å². The molecule has 5 heteroatoms. The van der Waals surface area contributed by atoms with Crippen molar-refractivity contribution >= 4 is 17.5 Å². The number of hydrogen-bond donors (Lipinski definition) is 2. The quantitative estimate of drug-likeness (QED) is 0.654. The van der Waals surface area contributed by atoms with Crippen LogP contribution in [0.4, 0.5) is 5.69 Å². The molecular formula is C24H24N2O3. The minimum Gasteiger partial charge on any atom is -0.496 e. The second kappa shape index (κ2) is 9.06. The van der Waals surface area contributed by atoms with E-state index in [0.717, 1.165) is 22.6 Å². The fourth-order valence-electron chi connectivity index (χ4n) is 2.92. The van der Waals surface area contributed by atoms with Gasteiger partial charge in [0.2, 0.25) is 0 Å². The Morgan fingerprint density at radius 2 is 1.48 bits per heavy atom. The van der Waals surface area contributed by atoms with Gasteiger partial charge in [-0.05, 0) is 67.4 Å². The van der Waals surface area contributed by atoms with Gasteiger partial charge < -0.3 is 15.4 Å². The molecule has 0 spiro atoms. The Balaban J connectivity index is 1.62. The molecule has 0 aliphatic rings. The number of anilines is 1. The second-order valence-corrected chi connectivity index (χ2v) is 6.83. The van der Waals surface area contributed by atoms with Crippen LogP contribution >= 0.6 is 0 Å². The Kier molecular flexibility index (Phi) is 6.29. The lowest BCUT2D eigenvalue weighted by molar-refractivity contribution is 0.0949. The van der Waals surface area contributed by atoms with Crippen LogP contribution in [-0.2, 0) is 6.54 Å². The SMILES string of the molecule is COc1ccccc1CNC(=O)c1ccc(C(=O)Nc2ccc(C)c(C)c2)cc1. The van der Waals surface area contributed by atoms with Crippen molar-refractivity contribution in [1.29, 1.82) is 0 Å². The van der Waals surface area contributed by atoms with E-state index in [1.165, 1.54) is 5.56 Å². The highest BCUT2D eigenvalue weighted by Crippen LogP contribution is 2.18. The van der Waals surface area contributed by atoms with E-state index in [9.17, 15) is 9.59 Å². The van der Waals surface area contributed by atoms with Crippen molar-refractivity contribution in [1.82, 2.24) is 5.32 Å². The highest BCUT2D eigenvalue weighted by Gasteiger charge is 2.10. The van der Waals surface area contributed by atoms with E-state index < -0.39 is 0 Å². The van der Waals surface area contributed by atoms with Gasteiger partial charge in [-0.1, -0.05) is 24.3 Å². The van der Waals surface area contributed by atoms with E-state index in [4.69, 9.17) is 4.74 Å². The fraction of sp³-hybridized carbons (Fsp3) is 0.167. The predicted octanol–water partition coefficient (Wildman–Crippen LogP) is 4.49. The van der Waals surface area contributed by atoms with Crippen LogP contribution in [-0.4, -0.2) is 18.9 Å². The molecule has 0 saturated carbocycles. The van der Waals surface area contributed by atoms with E-state index >= 15 is 0 Å². The molecule has 2 amide bonds. The molecule has 29 heavy (non-hydrogen) atoms. The number of aryl methyl sites for hydroxylation is 2. The lowest BCUT2D eigenvalue weighted by Crippen LogP contribution is -2.23. The number of hydrogen-bond acceptors (Lipinski definition) is 3. The highest BCUT2D eigenvalue weighted by atomic mass is 16.5. The summed E-state index contributed by atoms with van der Waals surface area (Å²) in [5, 5.41) is 5.75.